The molecule has 0 amide bonds. The van der Waals surface area contributed by atoms with Gasteiger partial charge in [-0.1, -0.05) is 66.7 Å². The quantitative estimate of drug-likeness (QED) is 0.386. The van der Waals surface area contributed by atoms with Crippen molar-refractivity contribution in [2.75, 3.05) is 6.61 Å². The molecular formula is C32H31NO5. The molecule has 0 spiro atoms. The van der Waals surface area contributed by atoms with Crippen LogP contribution in [-0.4, -0.2) is 23.5 Å². The minimum Gasteiger partial charge on any atom is -0.504 e. The third kappa shape index (κ3) is 5.07. The van der Waals surface area contributed by atoms with E-state index in [9.17, 15) is 14.7 Å². The summed E-state index contributed by atoms with van der Waals surface area (Å²) in [5.74, 6) is -0.770. The van der Waals surface area contributed by atoms with Crippen molar-refractivity contribution >= 4 is 11.8 Å². The molecule has 0 unspecified atom stereocenters. The van der Waals surface area contributed by atoms with E-state index in [2.05, 4.69) is 5.32 Å². The summed E-state index contributed by atoms with van der Waals surface area (Å²) in [6.07, 6.45) is 1.00. The highest BCUT2D eigenvalue weighted by molar-refractivity contribution is 6.04. The Hall–Kier alpha value is -4.32. The topological polar surface area (TPSA) is 84.9 Å². The van der Waals surface area contributed by atoms with Gasteiger partial charge in [0.1, 0.15) is 6.61 Å². The van der Waals surface area contributed by atoms with Crippen LogP contribution >= 0.6 is 0 Å². The van der Waals surface area contributed by atoms with Gasteiger partial charge in [0.15, 0.2) is 17.3 Å². The van der Waals surface area contributed by atoms with Crippen LogP contribution in [0, 0.1) is 0 Å². The van der Waals surface area contributed by atoms with Gasteiger partial charge in [-0.3, -0.25) is 4.79 Å². The Labute approximate surface area is 222 Å². The minimum atomic E-state index is -0.640. The van der Waals surface area contributed by atoms with Gasteiger partial charge in [-0.25, -0.2) is 4.79 Å². The molecule has 1 heterocycles. The molecule has 0 bridgehead atoms. The third-order valence-electron chi connectivity index (χ3n) is 7.15. The number of phenolic OH excluding ortho intramolecular Hbond substituents is 1. The average Bonchev–Trinajstić information content (AvgIpc) is 2.93. The van der Waals surface area contributed by atoms with E-state index in [0.29, 0.717) is 47.6 Å². The Morgan fingerprint density at radius 2 is 1.68 bits per heavy atom. The van der Waals surface area contributed by atoms with Gasteiger partial charge in [0.05, 0.1) is 12.2 Å². The monoisotopic (exact) mass is 509 g/mol. The first-order valence-corrected chi connectivity index (χ1v) is 12.9. The van der Waals surface area contributed by atoms with Gasteiger partial charge >= 0.3 is 5.97 Å². The first-order chi connectivity index (χ1) is 18.5. The van der Waals surface area contributed by atoms with Crippen molar-refractivity contribution in [3.05, 3.63) is 118 Å². The Balaban J connectivity index is 1.55. The Kier molecular flexibility index (Phi) is 7.31. The zero-order valence-electron chi connectivity index (χ0n) is 21.6. The molecule has 5 rings (SSSR count). The number of carbonyl (C=O) groups is 2. The zero-order valence-corrected chi connectivity index (χ0v) is 21.6. The van der Waals surface area contributed by atoms with E-state index in [4.69, 9.17) is 9.47 Å². The van der Waals surface area contributed by atoms with Gasteiger partial charge in [0.25, 0.3) is 0 Å². The molecule has 1 aliphatic carbocycles. The lowest BCUT2D eigenvalue weighted by Gasteiger charge is -2.36. The van der Waals surface area contributed by atoms with Gasteiger partial charge in [0.2, 0.25) is 0 Å². The van der Waals surface area contributed by atoms with Crippen LogP contribution in [0.15, 0.2) is 101 Å². The number of esters is 1. The molecule has 0 aromatic heterocycles. The highest BCUT2D eigenvalue weighted by Gasteiger charge is 2.41. The largest absolute Gasteiger partial charge is 0.504 e. The van der Waals surface area contributed by atoms with E-state index in [1.807, 2.05) is 74.5 Å². The Morgan fingerprint density at radius 3 is 2.39 bits per heavy atom. The second-order valence-corrected chi connectivity index (χ2v) is 9.65. The fraction of sp³-hybridized carbons (Fsp3) is 0.250. The molecule has 3 aromatic rings. The molecule has 0 saturated heterocycles. The molecular weight excluding hydrogens is 478 g/mol. The average molecular weight is 510 g/mol. The number of Topliss-reactive ketones (excluding diaryl/α,β-unsaturated/α-hetero) is 1. The summed E-state index contributed by atoms with van der Waals surface area (Å²) in [4.78, 5) is 27.4. The van der Waals surface area contributed by atoms with Crippen LogP contribution in [0.25, 0.3) is 0 Å². The molecule has 38 heavy (non-hydrogen) atoms. The maximum Gasteiger partial charge on any atom is 0.337 e. The number of ether oxygens (including phenoxy) is 2. The summed E-state index contributed by atoms with van der Waals surface area (Å²) in [7, 11) is 0. The second kappa shape index (κ2) is 11.0. The van der Waals surface area contributed by atoms with Gasteiger partial charge in [-0.2, -0.15) is 0 Å². The van der Waals surface area contributed by atoms with E-state index < -0.39 is 11.9 Å². The molecule has 2 aliphatic rings. The molecule has 6 nitrogen and oxygen atoms in total. The normalized spacial score (nSPS) is 19.1. The van der Waals surface area contributed by atoms with E-state index >= 15 is 0 Å². The molecule has 0 radical (unpaired) electrons. The standard InChI is InChI=1S/C32H31NO5/c1-3-37-28-18-23(14-15-26(28)34)30-29(32(36)38-19-21-10-6-4-7-11-21)20(2)33-25-16-24(17-27(35)31(25)30)22-12-8-5-9-13-22/h4-15,18,24,30,33-34H,3,16-17,19H2,1-2H3/t24-,30-/m1/s1. The second-order valence-electron chi connectivity index (χ2n) is 9.65. The van der Waals surface area contributed by atoms with Gasteiger partial charge < -0.3 is 19.9 Å². The minimum absolute atomic E-state index is 0.00626. The number of aromatic hydroxyl groups is 1. The molecule has 0 saturated carbocycles. The lowest BCUT2D eigenvalue weighted by atomic mass is 9.71. The van der Waals surface area contributed by atoms with Crippen molar-refractivity contribution in [1.82, 2.24) is 5.32 Å². The highest BCUT2D eigenvalue weighted by Crippen LogP contribution is 2.47. The molecule has 1 aliphatic heterocycles. The smallest absolute Gasteiger partial charge is 0.337 e. The van der Waals surface area contributed by atoms with Crippen molar-refractivity contribution in [2.24, 2.45) is 0 Å². The van der Waals surface area contributed by atoms with Crippen molar-refractivity contribution in [3.63, 3.8) is 0 Å². The number of carbonyl (C=O) groups excluding carboxylic acids is 2. The van der Waals surface area contributed by atoms with Gasteiger partial charge in [-0.05, 0) is 55.0 Å². The molecule has 6 heteroatoms. The first-order valence-electron chi connectivity index (χ1n) is 12.9. The lowest BCUT2D eigenvalue weighted by Crippen LogP contribution is -2.36. The van der Waals surface area contributed by atoms with Crippen LogP contribution < -0.4 is 10.1 Å². The number of ketones is 1. The number of rotatable bonds is 7. The SMILES string of the molecule is CCOc1cc([C@@H]2C(C(=O)OCc3ccccc3)=C(C)NC3=C2C(=O)C[C@H](c2ccccc2)C3)ccc1O. The summed E-state index contributed by atoms with van der Waals surface area (Å²) in [5, 5.41) is 13.7. The maximum absolute atomic E-state index is 13.8. The van der Waals surface area contributed by atoms with Crippen LogP contribution in [0.2, 0.25) is 0 Å². The van der Waals surface area contributed by atoms with Crippen LogP contribution in [0.4, 0.5) is 0 Å². The number of hydrogen-bond acceptors (Lipinski definition) is 6. The van der Waals surface area contributed by atoms with Crippen molar-refractivity contribution in [1.29, 1.82) is 0 Å². The molecule has 2 N–H and O–H groups in total. The first kappa shape index (κ1) is 25.3. The molecule has 2 atom stereocenters. The number of nitrogens with one attached hydrogen (secondary N) is 1. The van der Waals surface area contributed by atoms with Crippen LogP contribution in [0.5, 0.6) is 11.5 Å². The van der Waals surface area contributed by atoms with Gasteiger partial charge in [0, 0.05) is 29.3 Å². The number of benzene rings is 3. The Bertz CT molecular complexity index is 1410. The van der Waals surface area contributed by atoms with Crippen molar-refractivity contribution in [2.45, 2.75) is 45.1 Å². The van der Waals surface area contributed by atoms with E-state index in [1.54, 1.807) is 18.2 Å². The van der Waals surface area contributed by atoms with Crippen LogP contribution in [-0.2, 0) is 20.9 Å². The van der Waals surface area contributed by atoms with Crippen LogP contribution in [0.1, 0.15) is 55.2 Å². The van der Waals surface area contributed by atoms with Crippen molar-refractivity contribution in [3.8, 4) is 11.5 Å². The Morgan fingerprint density at radius 1 is 0.974 bits per heavy atom. The fourth-order valence-corrected chi connectivity index (χ4v) is 5.39. The third-order valence-corrected chi connectivity index (χ3v) is 7.15. The highest BCUT2D eigenvalue weighted by atomic mass is 16.5. The lowest BCUT2D eigenvalue weighted by molar-refractivity contribution is -0.140. The molecule has 0 fully saturated rings. The maximum atomic E-state index is 13.8. The van der Waals surface area contributed by atoms with Crippen LogP contribution in [0.3, 0.4) is 0 Å². The summed E-state index contributed by atoms with van der Waals surface area (Å²) in [5.41, 5.74) is 5.12. The van der Waals surface area contributed by atoms with E-state index in [1.165, 1.54) is 0 Å². The number of allylic oxidation sites excluding steroid dienone is 3. The summed E-state index contributed by atoms with van der Waals surface area (Å²) < 4.78 is 11.4. The summed E-state index contributed by atoms with van der Waals surface area (Å²) >= 11 is 0. The summed E-state index contributed by atoms with van der Waals surface area (Å²) in [6, 6.07) is 24.5. The molecule has 3 aromatic carbocycles. The fourth-order valence-electron chi connectivity index (χ4n) is 5.39. The van der Waals surface area contributed by atoms with E-state index in [-0.39, 0.29) is 24.1 Å². The number of dihydropyridines is 1. The zero-order chi connectivity index (χ0) is 26.6. The van der Waals surface area contributed by atoms with Gasteiger partial charge in [-0.15, -0.1) is 0 Å². The summed E-state index contributed by atoms with van der Waals surface area (Å²) in [6.45, 7) is 4.17. The van der Waals surface area contributed by atoms with E-state index in [0.717, 1.165) is 16.8 Å². The predicted molar refractivity (Wildman–Crippen MR) is 145 cm³/mol. The number of hydrogen-bond donors (Lipinski definition) is 2. The number of phenols is 1. The predicted octanol–water partition coefficient (Wildman–Crippen LogP) is 5.90. The molecule has 194 valence electrons. The van der Waals surface area contributed by atoms with Crippen molar-refractivity contribution < 1.29 is 24.2 Å².